The van der Waals surface area contributed by atoms with Gasteiger partial charge in [-0.05, 0) is 18.6 Å². The van der Waals surface area contributed by atoms with E-state index >= 15 is 0 Å². The lowest BCUT2D eigenvalue weighted by Gasteiger charge is -2.14. The average Bonchev–Trinajstić information content (AvgIpc) is 2.60. The van der Waals surface area contributed by atoms with Crippen LogP contribution in [0.2, 0.25) is 0 Å². The van der Waals surface area contributed by atoms with Gasteiger partial charge in [-0.15, -0.1) is 0 Å². The van der Waals surface area contributed by atoms with Crippen LogP contribution in [0.3, 0.4) is 0 Å². The maximum absolute atomic E-state index is 12.0. The van der Waals surface area contributed by atoms with Gasteiger partial charge in [0.15, 0.2) is 0 Å². The van der Waals surface area contributed by atoms with Crippen molar-refractivity contribution < 1.29 is 23.8 Å². The van der Waals surface area contributed by atoms with Crippen molar-refractivity contribution in [2.24, 2.45) is 0 Å². The molecule has 6 heteroatoms. The van der Waals surface area contributed by atoms with Gasteiger partial charge in [0.05, 0.1) is 13.7 Å². The average molecular weight is 329 g/mol. The molecule has 126 valence electrons. The van der Waals surface area contributed by atoms with E-state index in [-0.39, 0.29) is 13.2 Å². The molecule has 0 radical (unpaired) electrons. The van der Waals surface area contributed by atoms with Gasteiger partial charge in [-0.2, -0.15) is 0 Å². The quantitative estimate of drug-likeness (QED) is 0.501. The molecule has 0 atom stereocenters. The van der Waals surface area contributed by atoms with E-state index in [4.69, 9.17) is 14.2 Å². The maximum atomic E-state index is 12.0. The summed E-state index contributed by atoms with van der Waals surface area (Å²) in [6, 6.07) is 9.32. The maximum Gasteiger partial charge on any atom is 0.412 e. The van der Waals surface area contributed by atoms with Crippen LogP contribution >= 0.6 is 0 Å². The first-order valence-corrected chi connectivity index (χ1v) is 7.38. The number of benzene rings is 2. The first-order valence-electron chi connectivity index (χ1n) is 7.38. The fourth-order valence-corrected chi connectivity index (χ4v) is 2.25. The lowest BCUT2D eigenvalue weighted by molar-refractivity contribution is -0.137. The van der Waals surface area contributed by atoms with E-state index in [1.807, 2.05) is 37.3 Å². The molecule has 0 unspecified atom stereocenters. The highest BCUT2D eigenvalue weighted by Crippen LogP contribution is 2.36. The van der Waals surface area contributed by atoms with Crippen LogP contribution in [-0.2, 0) is 9.53 Å². The zero-order valence-corrected chi connectivity index (χ0v) is 13.6. The molecule has 2 aromatic rings. The second kappa shape index (κ2) is 8.01. The van der Waals surface area contributed by atoms with E-state index in [1.165, 1.54) is 0 Å². The summed E-state index contributed by atoms with van der Waals surface area (Å²) in [5.74, 6) is 0.640. The van der Waals surface area contributed by atoms with E-state index in [0.29, 0.717) is 11.5 Å². The Morgan fingerprint density at radius 3 is 2.62 bits per heavy atom. The monoisotopic (exact) mass is 329 g/mol. The molecule has 1 N–H and O–H groups in total. The topological polar surface area (TPSA) is 73.9 Å². The Balaban J connectivity index is 2.09. The fourth-order valence-electron chi connectivity index (χ4n) is 2.25. The highest BCUT2D eigenvalue weighted by molar-refractivity contribution is 5.95. The van der Waals surface area contributed by atoms with E-state index in [9.17, 15) is 9.59 Å². The van der Waals surface area contributed by atoms with Crippen molar-refractivity contribution >= 4 is 22.8 Å². The summed E-state index contributed by atoms with van der Waals surface area (Å²) >= 11 is 0. The number of hydrogen-bond donors (Lipinski definition) is 1. The van der Waals surface area contributed by atoms with Crippen LogP contribution in [0.25, 0.3) is 10.8 Å². The summed E-state index contributed by atoms with van der Waals surface area (Å²) in [6.07, 6.45) is 0.439. The normalized spacial score (nSPS) is 10.1. The Bertz CT molecular complexity index is 769. The first-order chi connectivity index (χ1) is 11.6. The van der Waals surface area contributed by atoms with Crippen LogP contribution in [0.1, 0.15) is 5.56 Å². The van der Waals surface area contributed by atoms with Crippen LogP contribution in [0, 0.1) is 6.92 Å². The summed E-state index contributed by atoms with van der Waals surface area (Å²) in [5.41, 5.74) is 0.777. The molecular formula is C18H19NO5. The van der Waals surface area contributed by atoms with Crippen LogP contribution < -0.4 is 14.8 Å². The van der Waals surface area contributed by atoms with Gasteiger partial charge in [-0.1, -0.05) is 30.8 Å². The van der Waals surface area contributed by atoms with Gasteiger partial charge in [0.1, 0.15) is 18.1 Å². The molecular weight excluding hydrogens is 310 g/mol. The fraction of sp³-hybridized carbons (Fsp3) is 0.222. The summed E-state index contributed by atoms with van der Waals surface area (Å²) < 4.78 is 15.6. The number of nitrogens with one attached hydrogen (secondary N) is 1. The van der Waals surface area contributed by atoms with Crippen molar-refractivity contribution in [1.82, 2.24) is 5.32 Å². The number of hydrogen-bond acceptors (Lipinski definition) is 5. The number of amides is 1. The minimum Gasteiger partial charge on any atom is -0.496 e. The molecule has 0 heterocycles. The van der Waals surface area contributed by atoms with Crippen LogP contribution in [0.15, 0.2) is 43.0 Å². The smallest absolute Gasteiger partial charge is 0.412 e. The summed E-state index contributed by atoms with van der Waals surface area (Å²) in [6.45, 7) is 5.31. The third-order valence-corrected chi connectivity index (χ3v) is 3.34. The Hall–Kier alpha value is -3.02. The molecule has 0 saturated carbocycles. The highest BCUT2D eigenvalue weighted by atomic mass is 16.6. The van der Waals surface area contributed by atoms with Crippen LogP contribution in [-0.4, -0.2) is 32.3 Å². The van der Waals surface area contributed by atoms with Gasteiger partial charge >= 0.3 is 12.1 Å². The van der Waals surface area contributed by atoms with Gasteiger partial charge in [0.25, 0.3) is 0 Å². The first kappa shape index (κ1) is 17.3. The zero-order valence-electron chi connectivity index (χ0n) is 13.6. The number of carbonyl (C=O) groups is 2. The molecule has 0 saturated heterocycles. The molecule has 24 heavy (non-hydrogen) atoms. The van der Waals surface area contributed by atoms with Gasteiger partial charge in [0, 0.05) is 16.8 Å². The SMILES string of the molecule is C=CC(=O)OCCNC(=O)Oc1c(C)cc(OC)c2ccccc12. The van der Waals surface area contributed by atoms with E-state index in [0.717, 1.165) is 22.4 Å². The van der Waals surface area contributed by atoms with Crippen LogP contribution in [0.5, 0.6) is 11.5 Å². The summed E-state index contributed by atoms with van der Waals surface area (Å²) in [5, 5.41) is 4.16. The van der Waals surface area contributed by atoms with Crippen molar-refractivity contribution in [3.8, 4) is 11.5 Å². The highest BCUT2D eigenvalue weighted by Gasteiger charge is 2.14. The number of carbonyl (C=O) groups excluding carboxylic acids is 2. The number of aryl methyl sites for hydroxylation is 1. The van der Waals surface area contributed by atoms with Gasteiger partial charge in [-0.25, -0.2) is 9.59 Å². The van der Waals surface area contributed by atoms with Crippen molar-refractivity contribution in [2.75, 3.05) is 20.3 Å². The summed E-state index contributed by atoms with van der Waals surface area (Å²) in [7, 11) is 1.60. The Kier molecular flexibility index (Phi) is 5.78. The molecule has 0 fully saturated rings. The Labute approximate surface area is 140 Å². The Morgan fingerprint density at radius 2 is 1.96 bits per heavy atom. The molecule has 0 aliphatic rings. The zero-order chi connectivity index (χ0) is 17.5. The number of rotatable bonds is 6. The third kappa shape index (κ3) is 4.04. The van der Waals surface area contributed by atoms with E-state index < -0.39 is 12.1 Å². The number of ether oxygens (including phenoxy) is 3. The predicted molar refractivity (Wildman–Crippen MR) is 90.4 cm³/mol. The molecule has 0 aliphatic heterocycles. The van der Waals surface area contributed by atoms with Gasteiger partial charge in [0.2, 0.25) is 0 Å². The molecule has 2 aromatic carbocycles. The second-order valence-corrected chi connectivity index (χ2v) is 4.96. The lowest BCUT2D eigenvalue weighted by Crippen LogP contribution is -2.30. The number of esters is 1. The van der Waals surface area contributed by atoms with Gasteiger partial charge < -0.3 is 19.5 Å². The summed E-state index contributed by atoms with van der Waals surface area (Å²) in [4.78, 5) is 22.9. The molecule has 1 amide bonds. The van der Waals surface area contributed by atoms with Crippen molar-refractivity contribution in [1.29, 1.82) is 0 Å². The lowest BCUT2D eigenvalue weighted by atomic mass is 10.0. The molecule has 2 rings (SSSR count). The second-order valence-electron chi connectivity index (χ2n) is 4.96. The molecule has 0 aromatic heterocycles. The van der Waals surface area contributed by atoms with Crippen LogP contribution in [0.4, 0.5) is 4.79 Å². The number of methoxy groups -OCH3 is 1. The predicted octanol–water partition coefficient (Wildman–Crippen LogP) is 2.97. The molecule has 0 spiro atoms. The third-order valence-electron chi connectivity index (χ3n) is 3.34. The number of fused-ring (bicyclic) bond motifs is 1. The molecule has 0 bridgehead atoms. The van der Waals surface area contributed by atoms with Gasteiger partial charge in [-0.3, -0.25) is 0 Å². The van der Waals surface area contributed by atoms with E-state index in [2.05, 4.69) is 11.9 Å². The Morgan fingerprint density at radius 1 is 1.25 bits per heavy atom. The largest absolute Gasteiger partial charge is 0.496 e. The van der Waals surface area contributed by atoms with Crippen molar-refractivity contribution in [3.05, 3.63) is 48.6 Å². The minimum absolute atomic E-state index is 0.0439. The standard InChI is InChI=1S/C18H19NO5/c1-4-16(20)23-10-9-19-18(21)24-17-12(2)11-15(22-3)13-7-5-6-8-14(13)17/h4-8,11H,1,9-10H2,2-3H3,(H,19,21). The van der Waals surface area contributed by atoms with Crippen molar-refractivity contribution in [3.63, 3.8) is 0 Å². The van der Waals surface area contributed by atoms with E-state index in [1.54, 1.807) is 7.11 Å². The molecule has 6 nitrogen and oxygen atoms in total. The van der Waals surface area contributed by atoms with Crippen molar-refractivity contribution in [2.45, 2.75) is 6.92 Å². The molecule has 0 aliphatic carbocycles. The minimum atomic E-state index is -0.622.